The summed E-state index contributed by atoms with van der Waals surface area (Å²) in [6.45, 7) is 1.90. The maximum absolute atomic E-state index is 11.1. The molecule has 0 aromatic carbocycles. The monoisotopic (exact) mass is 184 g/mol. The van der Waals surface area contributed by atoms with Crippen molar-refractivity contribution in [2.75, 3.05) is 0 Å². The maximum Gasteiger partial charge on any atom is 0.339 e. The van der Waals surface area contributed by atoms with Crippen LogP contribution in [0.5, 0.6) is 0 Å². The summed E-state index contributed by atoms with van der Waals surface area (Å²) < 4.78 is 5.54. The van der Waals surface area contributed by atoms with Crippen molar-refractivity contribution in [3.8, 4) is 0 Å². The van der Waals surface area contributed by atoms with Gasteiger partial charge in [-0.05, 0) is 19.3 Å². The van der Waals surface area contributed by atoms with Crippen LogP contribution in [0.3, 0.4) is 0 Å². The Balaban J connectivity index is 2.15. The van der Waals surface area contributed by atoms with Crippen molar-refractivity contribution in [1.29, 1.82) is 0 Å². The highest BCUT2D eigenvalue weighted by atomic mass is 16.7. The van der Waals surface area contributed by atoms with E-state index in [0.29, 0.717) is 6.42 Å². The number of carboxylic acids is 1. The lowest BCUT2D eigenvalue weighted by atomic mass is 9.79. The molecule has 1 saturated carbocycles. The molecule has 2 rings (SSSR count). The van der Waals surface area contributed by atoms with Gasteiger partial charge in [0.25, 0.3) is 0 Å². The van der Waals surface area contributed by atoms with Crippen molar-refractivity contribution >= 4 is 5.97 Å². The summed E-state index contributed by atoms with van der Waals surface area (Å²) in [6.07, 6.45) is 5.94. The van der Waals surface area contributed by atoms with E-state index in [1.165, 1.54) is 6.42 Å². The summed E-state index contributed by atoms with van der Waals surface area (Å²) in [5, 5.41) is 9.10. The van der Waals surface area contributed by atoms with Gasteiger partial charge in [0, 0.05) is 0 Å². The quantitative estimate of drug-likeness (QED) is 0.667. The van der Waals surface area contributed by atoms with E-state index in [1.54, 1.807) is 0 Å². The smallest absolute Gasteiger partial charge is 0.339 e. The summed E-state index contributed by atoms with van der Waals surface area (Å²) >= 11 is 0. The molecule has 0 aromatic heterocycles. The third-order valence-corrected chi connectivity index (χ3v) is 3.57. The van der Waals surface area contributed by atoms with Gasteiger partial charge in [-0.2, -0.15) is 0 Å². The van der Waals surface area contributed by atoms with Crippen LogP contribution in [0.15, 0.2) is 0 Å². The van der Waals surface area contributed by atoms with Crippen molar-refractivity contribution < 1.29 is 14.6 Å². The fourth-order valence-corrected chi connectivity index (χ4v) is 2.72. The molecule has 1 saturated heterocycles. The van der Waals surface area contributed by atoms with Crippen LogP contribution in [-0.2, 0) is 9.53 Å². The minimum Gasteiger partial charge on any atom is -0.479 e. The standard InChI is InChI=1S/C10H16O3/c1-2-10(8(11)12)9(13-10)6-4-3-5-7-9/h2-7H2,1H3,(H,11,12). The Morgan fingerprint density at radius 1 is 1.38 bits per heavy atom. The molecule has 1 unspecified atom stereocenters. The zero-order valence-electron chi connectivity index (χ0n) is 8.01. The Kier molecular flexibility index (Phi) is 1.88. The number of rotatable bonds is 2. The minimum atomic E-state index is -0.826. The van der Waals surface area contributed by atoms with E-state index in [4.69, 9.17) is 9.84 Å². The van der Waals surface area contributed by atoms with Gasteiger partial charge in [-0.25, -0.2) is 4.79 Å². The van der Waals surface area contributed by atoms with Crippen LogP contribution in [0.25, 0.3) is 0 Å². The third-order valence-electron chi connectivity index (χ3n) is 3.57. The van der Waals surface area contributed by atoms with E-state index >= 15 is 0 Å². The highest BCUT2D eigenvalue weighted by molar-refractivity contribution is 5.83. The fourth-order valence-electron chi connectivity index (χ4n) is 2.72. The molecule has 1 aliphatic carbocycles. The fraction of sp³-hybridized carbons (Fsp3) is 0.900. The van der Waals surface area contributed by atoms with Crippen molar-refractivity contribution in [3.63, 3.8) is 0 Å². The second-order valence-corrected chi connectivity index (χ2v) is 4.14. The molecule has 74 valence electrons. The first-order valence-corrected chi connectivity index (χ1v) is 5.10. The van der Waals surface area contributed by atoms with Gasteiger partial charge in [-0.3, -0.25) is 0 Å². The lowest BCUT2D eigenvalue weighted by Gasteiger charge is -2.20. The number of hydrogen-bond donors (Lipinski definition) is 1. The molecule has 2 aliphatic rings. The van der Waals surface area contributed by atoms with Crippen LogP contribution in [0.1, 0.15) is 45.4 Å². The van der Waals surface area contributed by atoms with Crippen LogP contribution in [0, 0.1) is 0 Å². The summed E-state index contributed by atoms with van der Waals surface area (Å²) in [5.41, 5.74) is -1.11. The first-order chi connectivity index (χ1) is 6.17. The summed E-state index contributed by atoms with van der Waals surface area (Å²) in [4.78, 5) is 11.1. The Morgan fingerprint density at radius 2 is 2.00 bits per heavy atom. The number of hydrogen-bond acceptors (Lipinski definition) is 2. The molecule has 0 bridgehead atoms. The van der Waals surface area contributed by atoms with Gasteiger partial charge < -0.3 is 9.84 Å². The van der Waals surface area contributed by atoms with Gasteiger partial charge in [-0.1, -0.05) is 26.2 Å². The van der Waals surface area contributed by atoms with E-state index in [-0.39, 0.29) is 5.60 Å². The molecule has 2 fully saturated rings. The predicted octanol–water partition coefficient (Wildman–Crippen LogP) is 1.95. The third kappa shape index (κ3) is 1.03. The van der Waals surface area contributed by atoms with Crippen molar-refractivity contribution in [2.45, 2.75) is 56.7 Å². The first-order valence-electron chi connectivity index (χ1n) is 5.10. The number of aliphatic carboxylic acids is 1. The lowest BCUT2D eigenvalue weighted by molar-refractivity contribution is -0.143. The molecule has 1 heterocycles. The van der Waals surface area contributed by atoms with Crippen LogP contribution < -0.4 is 0 Å². The SMILES string of the molecule is CCC1(C(=O)O)OC12CCCCC2. The average molecular weight is 184 g/mol. The predicted molar refractivity (Wildman–Crippen MR) is 47.6 cm³/mol. The molecular formula is C10H16O3. The Bertz CT molecular complexity index is 230. The Hall–Kier alpha value is -0.570. The summed E-state index contributed by atoms with van der Waals surface area (Å²) in [5.74, 6) is -0.767. The lowest BCUT2D eigenvalue weighted by Crippen LogP contribution is -2.35. The molecule has 0 aromatic rings. The Morgan fingerprint density at radius 3 is 2.38 bits per heavy atom. The van der Waals surface area contributed by atoms with Gasteiger partial charge in [0.1, 0.15) is 5.60 Å². The van der Waals surface area contributed by atoms with Crippen molar-refractivity contribution in [1.82, 2.24) is 0 Å². The van der Waals surface area contributed by atoms with E-state index in [9.17, 15) is 4.79 Å². The molecule has 1 N–H and O–H groups in total. The highest BCUT2D eigenvalue weighted by Gasteiger charge is 2.73. The van der Waals surface area contributed by atoms with Crippen LogP contribution in [-0.4, -0.2) is 22.3 Å². The first kappa shape index (κ1) is 9.00. The molecule has 1 aliphatic heterocycles. The van der Waals surface area contributed by atoms with E-state index < -0.39 is 11.6 Å². The second kappa shape index (κ2) is 2.71. The second-order valence-electron chi connectivity index (χ2n) is 4.14. The van der Waals surface area contributed by atoms with Crippen LogP contribution >= 0.6 is 0 Å². The van der Waals surface area contributed by atoms with E-state index in [2.05, 4.69) is 0 Å². The summed E-state index contributed by atoms with van der Waals surface area (Å²) in [6, 6.07) is 0. The molecule has 13 heavy (non-hydrogen) atoms. The molecule has 3 heteroatoms. The molecule has 3 nitrogen and oxygen atoms in total. The molecule has 0 amide bonds. The van der Waals surface area contributed by atoms with Gasteiger partial charge in [-0.15, -0.1) is 0 Å². The topological polar surface area (TPSA) is 49.8 Å². The number of ether oxygens (including phenoxy) is 1. The Labute approximate surface area is 78.1 Å². The van der Waals surface area contributed by atoms with Gasteiger partial charge in [0.2, 0.25) is 0 Å². The molecular weight excluding hydrogens is 168 g/mol. The molecule has 0 radical (unpaired) electrons. The van der Waals surface area contributed by atoms with Crippen molar-refractivity contribution in [2.24, 2.45) is 0 Å². The van der Waals surface area contributed by atoms with E-state index in [0.717, 1.165) is 25.7 Å². The van der Waals surface area contributed by atoms with Crippen LogP contribution in [0.2, 0.25) is 0 Å². The maximum atomic E-state index is 11.1. The van der Waals surface area contributed by atoms with E-state index in [1.807, 2.05) is 6.92 Å². The normalized spacial score (nSPS) is 36.1. The van der Waals surface area contributed by atoms with Crippen molar-refractivity contribution in [3.05, 3.63) is 0 Å². The zero-order chi connectivity index (χ0) is 9.53. The number of epoxide rings is 1. The number of carboxylic acid groups (broad SMARTS) is 1. The largest absolute Gasteiger partial charge is 0.479 e. The minimum absolute atomic E-state index is 0.286. The average Bonchev–Trinajstić information content (AvgIpc) is 2.76. The molecule has 1 spiro atoms. The van der Waals surface area contributed by atoms with Gasteiger partial charge in [0.05, 0.1) is 0 Å². The van der Waals surface area contributed by atoms with Gasteiger partial charge in [0.15, 0.2) is 5.60 Å². The number of carbonyl (C=O) groups is 1. The van der Waals surface area contributed by atoms with Gasteiger partial charge >= 0.3 is 5.97 Å². The molecule has 1 atom stereocenters. The van der Waals surface area contributed by atoms with Crippen LogP contribution in [0.4, 0.5) is 0 Å². The highest BCUT2D eigenvalue weighted by Crippen LogP contribution is 2.58. The zero-order valence-corrected chi connectivity index (χ0v) is 8.01. The summed E-state index contributed by atoms with van der Waals surface area (Å²) in [7, 11) is 0.